The highest BCUT2D eigenvalue weighted by Crippen LogP contribution is 2.59. The van der Waals surface area contributed by atoms with Crippen LogP contribution in [0.1, 0.15) is 25.3 Å². The van der Waals surface area contributed by atoms with E-state index in [-0.39, 0.29) is 4.58 Å². The average Bonchev–Trinajstić information content (AvgIpc) is 2.54. The Morgan fingerprint density at radius 3 is 2.09 bits per heavy atom. The lowest BCUT2D eigenvalue weighted by molar-refractivity contribution is -0.292. The third kappa shape index (κ3) is 2.70. The van der Waals surface area contributed by atoms with Gasteiger partial charge in [-0.05, 0) is 17.1 Å². The van der Waals surface area contributed by atoms with E-state index in [2.05, 4.69) is 0 Å². The Labute approximate surface area is 139 Å². The first-order chi connectivity index (χ1) is 10.5. The van der Waals surface area contributed by atoms with Crippen molar-refractivity contribution in [2.75, 3.05) is 18.1 Å². The molecule has 0 amide bonds. The van der Waals surface area contributed by atoms with Gasteiger partial charge < -0.3 is 20.4 Å². The molecule has 1 fully saturated rings. The summed E-state index contributed by atoms with van der Waals surface area (Å²) in [4.78, 5) is 0. The topological polar surface area (TPSA) is 80.9 Å². The van der Waals surface area contributed by atoms with Gasteiger partial charge in [0, 0.05) is 0 Å². The summed E-state index contributed by atoms with van der Waals surface area (Å²) in [6.07, 6.45) is -1.38. The van der Waals surface area contributed by atoms with Crippen LogP contribution in [0.15, 0.2) is 30.3 Å². The molecule has 4 atom stereocenters. The lowest BCUT2D eigenvalue weighted by Crippen LogP contribution is -2.80. The van der Waals surface area contributed by atoms with E-state index in [1.54, 1.807) is 23.5 Å². The molecular weight excluding hydrogens is 320 g/mol. The summed E-state index contributed by atoms with van der Waals surface area (Å²) in [5.41, 5.74) is -2.46. The lowest BCUT2D eigenvalue weighted by atomic mass is 9.54. The molecule has 0 saturated heterocycles. The van der Waals surface area contributed by atoms with Gasteiger partial charge in [-0.25, -0.2) is 0 Å². The summed E-state index contributed by atoms with van der Waals surface area (Å²) in [5, 5.41) is 41.9. The van der Waals surface area contributed by atoms with Crippen LogP contribution < -0.4 is 0 Å². The molecule has 4 nitrogen and oxygen atoms in total. The minimum Gasteiger partial charge on any atom is -0.393 e. The third-order valence-corrected chi connectivity index (χ3v) is 7.12. The molecule has 22 heavy (non-hydrogen) atoms. The molecule has 0 spiro atoms. The molecule has 1 saturated carbocycles. The SMILES string of the molecule is CCSC(SCC)[C@@]1(O)C(c2ccccc2)[C@@](O)(CO)[C@@H]1O. The van der Waals surface area contributed by atoms with Gasteiger partial charge in [0.05, 0.1) is 17.1 Å². The predicted octanol–water partition coefficient (Wildman–Crippen LogP) is 1.43. The van der Waals surface area contributed by atoms with Crippen molar-refractivity contribution in [2.24, 2.45) is 0 Å². The van der Waals surface area contributed by atoms with Crippen molar-refractivity contribution < 1.29 is 20.4 Å². The fourth-order valence-corrected chi connectivity index (χ4v) is 6.15. The van der Waals surface area contributed by atoms with E-state index in [9.17, 15) is 20.4 Å². The van der Waals surface area contributed by atoms with Crippen LogP contribution >= 0.6 is 23.5 Å². The first-order valence-electron chi connectivity index (χ1n) is 7.48. The molecule has 0 bridgehead atoms. The zero-order valence-electron chi connectivity index (χ0n) is 12.8. The van der Waals surface area contributed by atoms with Crippen molar-refractivity contribution in [3.8, 4) is 0 Å². The maximum Gasteiger partial charge on any atom is 0.126 e. The van der Waals surface area contributed by atoms with Gasteiger partial charge in [0.1, 0.15) is 17.3 Å². The zero-order chi connectivity index (χ0) is 16.4. The summed E-state index contributed by atoms with van der Waals surface area (Å²) in [6, 6.07) is 9.13. The molecule has 4 N–H and O–H groups in total. The highest BCUT2D eigenvalue weighted by Gasteiger charge is 2.73. The van der Waals surface area contributed by atoms with E-state index in [0.29, 0.717) is 0 Å². The average molecular weight is 344 g/mol. The number of benzene rings is 1. The van der Waals surface area contributed by atoms with E-state index in [1.165, 1.54) is 0 Å². The maximum atomic E-state index is 11.2. The molecule has 0 aromatic heterocycles. The highest BCUT2D eigenvalue weighted by molar-refractivity contribution is 8.17. The van der Waals surface area contributed by atoms with Crippen LogP contribution in [-0.4, -0.2) is 60.4 Å². The molecule has 1 aromatic carbocycles. The standard InChI is InChI=1S/C16H24O4S2/c1-3-21-14(22-4-2)16(20)12(11-8-6-5-7-9-11)15(19,10-17)13(16)18/h5-9,12-14,17-20H,3-4,10H2,1-2H3/t12?,13-,15-,16+/m0/s1. The van der Waals surface area contributed by atoms with Gasteiger partial charge in [0.2, 0.25) is 0 Å². The Hall–Kier alpha value is -0.240. The maximum absolute atomic E-state index is 11.2. The first-order valence-corrected chi connectivity index (χ1v) is 9.58. The second-order valence-corrected chi connectivity index (χ2v) is 8.59. The molecule has 0 aliphatic heterocycles. The number of thioether (sulfide) groups is 2. The number of hydrogen-bond donors (Lipinski definition) is 4. The van der Waals surface area contributed by atoms with Crippen LogP contribution in [0.3, 0.4) is 0 Å². The molecular formula is C16H24O4S2. The minimum atomic E-state index is -1.71. The quantitative estimate of drug-likeness (QED) is 0.561. The van der Waals surface area contributed by atoms with Gasteiger partial charge >= 0.3 is 0 Å². The van der Waals surface area contributed by atoms with Crippen molar-refractivity contribution >= 4 is 23.5 Å². The van der Waals surface area contributed by atoms with Gasteiger partial charge in [-0.15, -0.1) is 23.5 Å². The summed E-state index contributed by atoms with van der Waals surface area (Å²) in [7, 11) is 0. The van der Waals surface area contributed by atoms with Crippen molar-refractivity contribution in [3.63, 3.8) is 0 Å². The molecule has 2 rings (SSSR count). The lowest BCUT2D eigenvalue weighted by Gasteiger charge is -2.62. The fourth-order valence-electron chi connectivity index (χ4n) is 3.28. The summed E-state index contributed by atoms with van der Waals surface area (Å²) in [6.45, 7) is 3.41. The van der Waals surface area contributed by atoms with E-state index >= 15 is 0 Å². The monoisotopic (exact) mass is 344 g/mol. The van der Waals surface area contributed by atoms with E-state index < -0.39 is 29.8 Å². The third-order valence-electron chi connectivity index (χ3n) is 4.27. The molecule has 6 heteroatoms. The molecule has 0 heterocycles. The van der Waals surface area contributed by atoms with Crippen LogP contribution in [0.25, 0.3) is 0 Å². The van der Waals surface area contributed by atoms with Crippen molar-refractivity contribution in [1.82, 2.24) is 0 Å². The Morgan fingerprint density at radius 2 is 1.64 bits per heavy atom. The van der Waals surface area contributed by atoms with Crippen LogP contribution in [0.5, 0.6) is 0 Å². The van der Waals surface area contributed by atoms with Crippen molar-refractivity contribution in [1.29, 1.82) is 0 Å². The van der Waals surface area contributed by atoms with Gasteiger partial charge in [-0.2, -0.15) is 0 Å². The molecule has 1 aliphatic rings. The molecule has 124 valence electrons. The van der Waals surface area contributed by atoms with Crippen LogP contribution in [0.4, 0.5) is 0 Å². The first kappa shape index (κ1) is 18.1. The highest BCUT2D eigenvalue weighted by atomic mass is 32.2. The van der Waals surface area contributed by atoms with Crippen LogP contribution in [-0.2, 0) is 0 Å². The van der Waals surface area contributed by atoms with Gasteiger partial charge in [-0.3, -0.25) is 0 Å². The molecule has 1 aliphatic carbocycles. The second kappa shape index (κ2) is 7.11. The number of hydrogen-bond acceptors (Lipinski definition) is 6. The number of rotatable bonds is 7. The molecule has 1 unspecified atom stereocenters. The largest absolute Gasteiger partial charge is 0.393 e. The van der Waals surface area contributed by atoms with Crippen molar-refractivity contribution in [3.05, 3.63) is 35.9 Å². The Bertz CT molecular complexity index is 480. The Balaban J connectivity index is 2.43. The van der Waals surface area contributed by atoms with Crippen molar-refractivity contribution in [2.45, 2.75) is 41.7 Å². The fraction of sp³-hybridized carbons (Fsp3) is 0.625. The minimum absolute atomic E-state index is 0.269. The number of aliphatic hydroxyl groups is 4. The summed E-state index contributed by atoms with van der Waals surface area (Å²) < 4.78 is -0.269. The van der Waals surface area contributed by atoms with Gasteiger partial charge in [0.15, 0.2) is 0 Å². The number of aliphatic hydroxyl groups excluding tert-OH is 2. The molecule has 1 aromatic rings. The van der Waals surface area contributed by atoms with Crippen LogP contribution in [0, 0.1) is 0 Å². The zero-order valence-corrected chi connectivity index (χ0v) is 14.5. The van der Waals surface area contributed by atoms with E-state index in [1.807, 2.05) is 44.2 Å². The predicted molar refractivity (Wildman–Crippen MR) is 92.2 cm³/mol. The Kier molecular flexibility index (Phi) is 5.85. The van der Waals surface area contributed by atoms with Gasteiger partial charge in [0.25, 0.3) is 0 Å². The molecule has 0 radical (unpaired) electrons. The second-order valence-electron chi connectivity index (χ2n) is 5.53. The smallest absolute Gasteiger partial charge is 0.126 e. The summed E-state index contributed by atoms with van der Waals surface area (Å²) in [5.74, 6) is 0.877. The normalized spacial score (nSPS) is 34.7. The Morgan fingerprint density at radius 1 is 1.09 bits per heavy atom. The van der Waals surface area contributed by atoms with Crippen LogP contribution in [0.2, 0.25) is 0 Å². The van der Waals surface area contributed by atoms with Gasteiger partial charge in [-0.1, -0.05) is 44.2 Å². The van der Waals surface area contributed by atoms with E-state index in [0.717, 1.165) is 17.1 Å². The van der Waals surface area contributed by atoms with E-state index in [4.69, 9.17) is 0 Å². The summed E-state index contributed by atoms with van der Waals surface area (Å²) >= 11 is 3.11.